The second-order valence-electron chi connectivity index (χ2n) is 5.06. The number of rotatable bonds is 5. The van der Waals surface area contributed by atoms with Crippen molar-refractivity contribution in [2.24, 2.45) is 5.92 Å². The third-order valence-corrected chi connectivity index (χ3v) is 3.16. The van der Waals surface area contributed by atoms with Crippen LogP contribution in [0.1, 0.15) is 19.4 Å². The van der Waals surface area contributed by atoms with Crippen molar-refractivity contribution in [2.45, 2.75) is 20.5 Å². The van der Waals surface area contributed by atoms with Gasteiger partial charge in [-0.05, 0) is 0 Å². The molecule has 0 spiro atoms. The number of fused-ring (bicyclic) bond motifs is 1. The molecule has 0 amide bonds. The third-order valence-electron chi connectivity index (χ3n) is 3.16. The van der Waals surface area contributed by atoms with Crippen molar-refractivity contribution in [1.82, 2.24) is 0 Å². The molecule has 0 saturated carbocycles. The van der Waals surface area contributed by atoms with E-state index in [9.17, 15) is 9.59 Å². The van der Waals surface area contributed by atoms with E-state index >= 15 is 0 Å². The maximum absolute atomic E-state index is 11.7. The van der Waals surface area contributed by atoms with Gasteiger partial charge in [-0.1, -0.05) is 13.8 Å². The summed E-state index contributed by atoms with van der Waals surface area (Å²) in [5.41, 5.74) is 0.317. The molecule has 1 aromatic carbocycles. The van der Waals surface area contributed by atoms with E-state index in [0.29, 0.717) is 28.0 Å². The summed E-state index contributed by atoms with van der Waals surface area (Å²) in [4.78, 5) is 23.3. The summed E-state index contributed by atoms with van der Waals surface area (Å²) in [6, 6.07) is 4.56. The Bertz CT molecular complexity index is 744. The Kier molecular flexibility index (Phi) is 4.70. The van der Waals surface area contributed by atoms with Crippen molar-refractivity contribution in [3.8, 4) is 11.5 Å². The number of methoxy groups -OCH3 is 2. The predicted molar refractivity (Wildman–Crippen MR) is 80.2 cm³/mol. The lowest BCUT2D eigenvalue weighted by molar-refractivity contribution is -0.148. The van der Waals surface area contributed by atoms with Gasteiger partial charge in [0, 0.05) is 23.8 Å². The average molecular weight is 306 g/mol. The number of carbonyl (C=O) groups is 1. The van der Waals surface area contributed by atoms with Gasteiger partial charge in [0.15, 0.2) is 0 Å². The molecular weight excluding hydrogens is 288 g/mol. The van der Waals surface area contributed by atoms with Crippen LogP contribution in [-0.2, 0) is 16.1 Å². The Hall–Kier alpha value is -2.50. The van der Waals surface area contributed by atoms with Gasteiger partial charge in [-0.2, -0.15) is 0 Å². The number of hydrogen-bond acceptors (Lipinski definition) is 6. The number of carbonyl (C=O) groups excluding carboxylic acids is 1. The number of esters is 1. The van der Waals surface area contributed by atoms with Crippen LogP contribution in [0, 0.1) is 5.92 Å². The van der Waals surface area contributed by atoms with Crippen LogP contribution in [0.25, 0.3) is 11.0 Å². The van der Waals surface area contributed by atoms with Crippen LogP contribution in [0.4, 0.5) is 0 Å². The van der Waals surface area contributed by atoms with Gasteiger partial charge in [0.25, 0.3) is 0 Å². The highest BCUT2D eigenvalue weighted by molar-refractivity contribution is 5.88. The summed E-state index contributed by atoms with van der Waals surface area (Å²) >= 11 is 0. The first-order valence-corrected chi connectivity index (χ1v) is 6.81. The van der Waals surface area contributed by atoms with Crippen LogP contribution in [-0.4, -0.2) is 20.2 Å². The lowest BCUT2D eigenvalue weighted by atomic mass is 10.1. The lowest BCUT2D eigenvalue weighted by Gasteiger charge is -2.12. The minimum Gasteiger partial charge on any atom is -0.496 e. The molecule has 2 rings (SSSR count). The highest BCUT2D eigenvalue weighted by Crippen LogP contribution is 2.33. The summed E-state index contributed by atoms with van der Waals surface area (Å²) in [6.07, 6.45) is 0. The third kappa shape index (κ3) is 3.21. The molecule has 0 radical (unpaired) electrons. The minimum atomic E-state index is -0.529. The molecule has 1 heterocycles. The smallest absolute Gasteiger partial charge is 0.336 e. The fourth-order valence-corrected chi connectivity index (χ4v) is 2.02. The van der Waals surface area contributed by atoms with Crippen LogP contribution in [0.2, 0.25) is 0 Å². The molecule has 0 atom stereocenters. The van der Waals surface area contributed by atoms with Crippen molar-refractivity contribution in [3.05, 3.63) is 34.2 Å². The van der Waals surface area contributed by atoms with Gasteiger partial charge in [-0.3, -0.25) is 4.79 Å². The van der Waals surface area contributed by atoms with E-state index in [0.717, 1.165) is 0 Å². The topological polar surface area (TPSA) is 75.0 Å². The van der Waals surface area contributed by atoms with E-state index in [1.807, 2.05) is 0 Å². The second kappa shape index (κ2) is 6.51. The second-order valence-corrected chi connectivity index (χ2v) is 5.06. The minimum absolute atomic E-state index is 0.0260. The molecule has 118 valence electrons. The van der Waals surface area contributed by atoms with Crippen LogP contribution < -0.4 is 15.1 Å². The quantitative estimate of drug-likeness (QED) is 0.624. The Morgan fingerprint density at radius 3 is 2.50 bits per heavy atom. The molecule has 0 fully saturated rings. The van der Waals surface area contributed by atoms with Crippen molar-refractivity contribution in [1.29, 1.82) is 0 Å². The van der Waals surface area contributed by atoms with Crippen LogP contribution in [0.3, 0.4) is 0 Å². The summed E-state index contributed by atoms with van der Waals surface area (Å²) < 4.78 is 20.9. The van der Waals surface area contributed by atoms with Gasteiger partial charge in [-0.25, -0.2) is 4.79 Å². The van der Waals surface area contributed by atoms with Crippen molar-refractivity contribution >= 4 is 16.9 Å². The monoisotopic (exact) mass is 306 g/mol. The molecule has 0 bridgehead atoms. The van der Waals surface area contributed by atoms with E-state index in [2.05, 4.69) is 0 Å². The maximum atomic E-state index is 11.7. The molecule has 6 heteroatoms. The fourth-order valence-electron chi connectivity index (χ4n) is 2.02. The van der Waals surface area contributed by atoms with Crippen LogP contribution in [0.5, 0.6) is 11.5 Å². The highest BCUT2D eigenvalue weighted by Gasteiger charge is 2.16. The number of ether oxygens (including phenoxy) is 3. The Labute approximate surface area is 127 Å². The van der Waals surface area contributed by atoms with Crippen molar-refractivity contribution in [3.63, 3.8) is 0 Å². The first kappa shape index (κ1) is 15.9. The van der Waals surface area contributed by atoms with Gasteiger partial charge in [0.05, 0.1) is 25.5 Å². The van der Waals surface area contributed by atoms with E-state index in [1.165, 1.54) is 20.3 Å². The molecule has 1 aromatic heterocycles. The zero-order chi connectivity index (χ0) is 16.3. The van der Waals surface area contributed by atoms with Crippen molar-refractivity contribution < 1.29 is 23.4 Å². The van der Waals surface area contributed by atoms with E-state index in [1.54, 1.807) is 26.0 Å². The molecule has 0 N–H and O–H groups in total. The molecule has 0 aliphatic heterocycles. The Morgan fingerprint density at radius 2 is 1.91 bits per heavy atom. The summed E-state index contributed by atoms with van der Waals surface area (Å²) in [5, 5.41) is 0.583. The SMILES string of the molecule is COc1cc(OC)c2c(COC(=O)C(C)C)cc(=O)oc2c1. The standard InChI is InChI=1S/C16H18O6/c1-9(2)16(18)21-8-10-5-14(17)22-13-7-11(19-3)6-12(20-4)15(10)13/h5-7,9H,8H2,1-4H3. The van der Waals surface area contributed by atoms with Gasteiger partial charge in [0.2, 0.25) is 0 Å². The maximum Gasteiger partial charge on any atom is 0.336 e. The Morgan fingerprint density at radius 1 is 1.18 bits per heavy atom. The highest BCUT2D eigenvalue weighted by atomic mass is 16.5. The average Bonchev–Trinajstić information content (AvgIpc) is 2.50. The molecule has 0 aliphatic rings. The molecule has 0 unspecified atom stereocenters. The summed E-state index contributed by atoms with van der Waals surface area (Å²) in [6.45, 7) is 3.46. The van der Waals surface area contributed by atoms with Gasteiger partial charge in [0.1, 0.15) is 23.7 Å². The lowest BCUT2D eigenvalue weighted by Crippen LogP contribution is -2.12. The molecule has 0 aliphatic carbocycles. The molecule has 6 nitrogen and oxygen atoms in total. The molecule has 22 heavy (non-hydrogen) atoms. The number of hydrogen-bond donors (Lipinski definition) is 0. The Balaban J connectivity index is 2.53. The van der Waals surface area contributed by atoms with Gasteiger partial charge >= 0.3 is 11.6 Å². The first-order chi connectivity index (χ1) is 10.5. The van der Waals surface area contributed by atoms with Crippen LogP contribution >= 0.6 is 0 Å². The summed E-state index contributed by atoms with van der Waals surface area (Å²) in [7, 11) is 3.01. The van der Waals surface area contributed by atoms with Gasteiger partial charge < -0.3 is 18.6 Å². The predicted octanol–water partition coefficient (Wildman–Crippen LogP) is 2.51. The van der Waals surface area contributed by atoms with Crippen molar-refractivity contribution in [2.75, 3.05) is 14.2 Å². The first-order valence-electron chi connectivity index (χ1n) is 6.81. The zero-order valence-electron chi connectivity index (χ0n) is 13.0. The largest absolute Gasteiger partial charge is 0.496 e. The molecule has 2 aromatic rings. The summed E-state index contributed by atoms with van der Waals surface area (Å²) in [5.74, 6) is 0.403. The van der Waals surface area contributed by atoms with E-state index in [4.69, 9.17) is 18.6 Å². The molecule has 0 saturated heterocycles. The zero-order valence-corrected chi connectivity index (χ0v) is 13.0. The van der Waals surface area contributed by atoms with Crippen LogP contribution in [0.15, 0.2) is 27.4 Å². The van der Waals surface area contributed by atoms with Gasteiger partial charge in [-0.15, -0.1) is 0 Å². The van der Waals surface area contributed by atoms with E-state index < -0.39 is 5.63 Å². The normalized spacial score (nSPS) is 10.8. The number of benzene rings is 1. The fraction of sp³-hybridized carbons (Fsp3) is 0.375. The molecular formula is C16H18O6. The van der Waals surface area contributed by atoms with E-state index in [-0.39, 0.29) is 18.5 Å².